The molecule has 0 fully saturated rings. The van der Waals surface area contributed by atoms with E-state index in [2.05, 4.69) is 10.3 Å². The van der Waals surface area contributed by atoms with Crippen molar-refractivity contribution in [2.24, 2.45) is 5.92 Å². The van der Waals surface area contributed by atoms with Crippen molar-refractivity contribution < 1.29 is 27.9 Å². The van der Waals surface area contributed by atoms with Gasteiger partial charge in [-0.15, -0.1) is 0 Å². The van der Waals surface area contributed by atoms with E-state index in [0.717, 1.165) is 17.8 Å². The zero-order chi connectivity index (χ0) is 17.6. The Labute approximate surface area is 135 Å². The second-order valence-electron chi connectivity index (χ2n) is 4.94. The quantitative estimate of drug-likeness (QED) is 0.739. The number of carboxylic acids is 1. The molecule has 0 aromatic carbocycles. The number of nitrogens with zero attached hydrogens (tertiary/aromatic N) is 1. The number of hydrogen-bond donors (Lipinski definition) is 2. The highest BCUT2D eigenvalue weighted by atomic mass is 32.2. The lowest BCUT2D eigenvalue weighted by atomic mass is 9.99. The van der Waals surface area contributed by atoms with Crippen molar-refractivity contribution in [2.45, 2.75) is 37.5 Å². The van der Waals surface area contributed by atoms with Crippen LogP contribution >= 0.6 is 11.8 Å². The van der Waals surface area contributed by atoms with Crippen molar-refractivity contribution in [3.8, 4) is 0 Å². The molecule has 9 heteroatoms. The van der Waals surface area contributed by atoms with Crippen LogP contribution in [0, 0.1) is 5.92 Å². The molecular weight excluding hydrogens is 333 g/mol. The van der Waals surface area contributed by atoms with Gasteiger partial charge in [0.25, 0.3) is 0 Å². The molecule has 1 aromatic rings. The first-order valence-corrected chi connectivity index (χ1v) is 7.82. The van der Waals surface area contributed by atoms with Gasteiger partial charge >= 0.3 is 12.1 Å². The largest absolute Gasteiger partial charge is 0.480 e. The minimum atomic E-state index is -4.46. The molecule has 2 unspecified atom stereocenters. The molecule has 0 saturated carbocycles. The average molecular weight is 350 g/mol. The molecule has 1 heterocycles. The summed E-state index contributed by atoms with van der Waals surface area (Å²) in [5.41, 5.74) is -0.867. The number of carboxylic acid groups (broad SMARTS) is 1. The summed E-state index contributed by atoms with van der Waals surface area (Å²) in [6.45, 7) is 3.53. The summed E-state index contributed by atoms with van der Waals surface area (Å²) in [6.07, 6.45) is -3.18. The third-order valence-electron chi connectivity index (χ3n) is 3.21. The molecule has 0 radical (unpaired) electrons. The first-order valence-electron chi connectivity index (χ1n) is 6.83. The molecule has 1 aromatic heterocycles. The van der Waals surface area contributed by atoms with E-state index in [-0.39, 0.29) is 16.7 Å². The van der Waals surface area contributed by atoms with Gasteiger partial charge in [-0.05, 0) is 18.1 Å². The summed E-state index contributed by atoms with van der Waals surface area (Å²) in [6, 6.07) is 1.06. The molecule has 0 saturated heterocycles. The second kappa shape index (κ2) is 8.19. The molecule has 1 rings (SSSR count). The standard InChI is InChI=1S/C14H17F3N2O3S/c1-3-8(2)12(13(21)22)19-10(20)7-23-11-5-4-9(6-18-11)14(15,16)17/h4-6,8,12H,3,7H2,1-2H3,(H,19,20)(H,21,22). The fraction of sp³-hybridized carbons (Fsp3) is 0.500. The van der Waals surface area contributed by atoms with Crippen LogP contribution < -0.4 is 5.32 Å². The fourth-order valence-corrected chi connectivity index (χ4v) is 2.32. The van der Waals surface area contributed by atoms with Gasteiger partial charge in [0.1, 0.15) is 6.04 Å². The Morgan fingerprint density at radius 1 is 1.39 bits per heavy atom. The van der Waals surface area contributed by atoms with E-state index in [0.29, 0.717) is 12.6 Å². The smallest absolute Gasteiger partial charge is 0.417 e. The highest BCUT2D eigenvalue weighted by Gasteiger charge is 2.30. The zero-order valence-electron chi connectivity index (χ0n) is 12.6. The predicted octanol–water partition coefficient (Wildman–Crippen LogP) is 2.81. The van der Waals surface area contributed by atoms with Crippen LogP contribution in [0.15, 0.2) is 23.4 Å². The molecule has 0 aliphatic rings. The molecule has 2 N–H and O–H groups in total. The fourth-order valence-electron chi connectivity index (χ4n) is 1.67. The van der Waals surface area contributed by atoms with E-state index >= 15 is 0 Å². The van der Waals surface area contributed by atoms with Gasteiger partial charge in [-0.3, -0.25) is 4.79 Å². The average Bonchev–Trinajstić information content (AvgIpc) is 2.49. The second-order valence-corrected chi connectivity index (χ2v) is 5.94. The number of alkyl halides is 3. The number of aromatic nitrogens is 1. The Balaban J connectivity index is 2.57. The third kappa shape index (κ3) is 6.09. The van der Waals surface area contributed by atoms with Crippen molar-refractivity contribution in [1.29, 1.82) is 0 Å². The molecule has 0 bridgehead atoms. The van der Waals surface area contributed by atoms with E-state index in [1.807, 2.05) is 6.92 Å². The van der Waals surface area contributed by atoms with Gasteiger partial charge in [-0.1, -0.05) is 32.0 Å². The number of carbonyl (C=O) groups excluding carboxylic acids is 1. The Bertz CT molecular complexity index is 549. The van der Waals surface area contributed by atoms with E-state index in [1.54, 1.807) is 6.92 Å². The van der Waals surface area contributed by atoms with Gasteiger partial charge < -0.3 is 10.4 Å². The maximum Gasteiger partial charge on any atom is 0.417 e. The summed E-state index contributed by atoms with van der Waals surface area (Å²) in [7, 11) is 0. The number of amides is 1. The highest BCUT2D eigenvalue weighted by Crippen LogP contribution is 2.29. The molecule has 23 heavy (non-hydrogen) atoms. The lowest BCUT2D eigenvalue weighted by molar-refractivity contribution is -0.143. The summed E-state index contributed by atoms with van der Waals surface area (Å²) in [4.78, 5) is 26.5. The van der Waals surface area contributed by atoms with Crippen LogP contribution in [0.2, 0.25) is 0 Å². The van der Waals surface area contributed by atoms with Gasteiger partial charge in [-0.25, -0.2) is 9.78 Å². The molecule has 0 aliphatic carbocycles. The Hall–Kier alpha value is -1.77. The van der Waals surface area contributed by atoms with Crippen LogP contribution in [-0.2, 0) is 15.8 Å². The first-order chi connectivity index (χ1) is 10.6. The van der Waals surface area contributed by atoms with Gasteiger partial charge in [0.15, 0.2) is 0 Å². The number of nitrogens with one attached hydrogen (secondary N) is 1. The van der Waals surface area contributed by atoms with Crippen LogP contribution in [-0.4, -0.2) is 33.8 Å². The van der Waals surface area contributed by atoms with Gasteiger partial charge in [-0.2, -0.15) is 13.2 Å². The van der Waals surface area contributed by atoms with Crippen LogP contribution in [0.4, 0.5) is 13.2 Å². The topological polar surface area (TPSA) is 79.3 Å². The number of rotatable bonds is 7. The number of hydrogen-bond acceptors (Lipinski definition) is 4. The number of pyridine rings is 1. The molecule has 1 amide bonds. The third-order valence-corrected chi connectivity index (χ3v) is 4.15. The Morgan fingerprint density at radius 3 is 2.48 bits per heavy atom. The molecule has 0 spiro atoms. The normalized spacial score (nSPS) is 14.1. The molecule has 128 valence electrons. The molecule has 2 atom stereocenters. The van der Waals surface area contributed by atoms with Crippen LogP contribution in [0.25, 0.3) is 0 Å². The van der Waals surface area contributed by atoms with E-state index < -0.39 is 29.7 Å². The SMILES string of the molecule is CCC(C)C(NC(=O)CSc1ccc(C(F)(F)F)cn1)C(=O)O. The van der Waals surface area contributed by atoms with Crippen LogP contribution in [0.5, 0.6) is 0 Å². The number of aliphatic carboxylic acids is 1. The van der Waals surface area contributed by atoms with Gasteiger partial charge in [0.2, 0.25) is 5.91 Å². The monoisotopic (exact) mass is 350 g/mol. The molecular formula is C14H17F3N2O3S. The molecule has 5 nitrogen and oxygen atoms in total. The lowest BCUT2D eigenvalue weighted by Crippen LogP contribution is -2.45. The Morgan fingerprint density at radius 2 is 2.04 bits per heavy atom. The summed E-state index contributed by atoms with van der Waals surface area (Å²) in [5, 5.41) is 11.7. The first kappa shape index (κ1) is 19.3. The van der Waals surface area contributed by atoms with Crippen molar-refractivity contribution in [2.75, 3.05) is 5.75 Å². The summed E-state index contributed by atoms with van der Waals surface area (Å²) < 4.78 is 37.2. The number of thioether (sulfide) groups is 1. The van der Waals surface area contributed by atoms with Crippen molar-refractivity contribution in [1.82, 2.24) is 10.3 Å². The van der Waals surface area contributed by atoms with Crippen molar-refractivity contribution in [3.63, 3.8) is 0 Å². The lowest BCUT2D eigenvalue weighted by Gasteiger charge is -2.19. The van der Waals surface area contributed by atoms with Gasteiger partial charge in [0, 0.05) is 6.20 Å². The maximum absolute atomic E-state index is 12.4. The van der Waals surface area contributed by atoms with E-state index in [1.165, 1.54) is 6.07 Å². The highest BCUT2D eigenvalue weighted by molar-refractivity contribution is 7.99. The van der Waals surface area contributed by atoms with Crippen molar-refractivity contribution >= 4 is 23.6 Å². The van der Waals surface area contributed by atoms with Crippen LogP contribution in [0.1, 0.15) is 25.8 Å². The van der Waals surface area contributed by atoms with E-state index in [4.69, 9.17) is 5.11 Å². The summed E-state index contributed by atoms with van der Waals surface area (Å²) >= 11 is 0.937. The minimum absolute atomic E-state index is 0.126. The minimum Gasteiger partial charge on any atom is -0.480 e. The maximum atomic E-state index is 12.4. The molecule has 0 aliphatic heterocycles. The zero-order valence-corrected chi connectivity index (χ0v) is 13.4. The van der Waals surface area contributed by atoms with Crippen LogP contribution in [0.3, 0.4) is 0 Å². The Kier molecular flexibility index (Phi) is 6.86. The number of halogens is 3. The predicted molar refractivity (Wildman–Crippen MR) is 79.0 cm³/mol. The number of carbonyl (C=O) groups is 2. The summed E-state index contributed by atoms with van der Waals surface area (Å²) in [5.74, 6) is -1.99. The van der Waals surface area contributed by atoms with Crippen molar-refractivity contribution in [3.05, 3.63) is 23.9 Å². The van der Waals surface area contributed by atoms with E-state index in [9.17, 15) is 22.8 Å². The van der Waals surface area contributed by atoms with Gasteiger partial charge in [0.05, 0.1) is 16.3 Å².